The van der Waals surface area contributed by atoms with Gasteiger partial charge < -0.3 is 0 Å². The van der Waals surface area contributed by atoms with Crippen LogP contribution in [0.1, 0.15) is 17.0 Å². The molecule has 1 aromatic carbocycles. The molecule has 0 atom stereocenters. The highest BCUT2D eigenvalue weighted by molar-refractivity contribution is 5.41. The van der Waals surface area contributed by atoms with Crippen molar-refractivity contribution >= 4 is 0 Å². The summed E-state index contributed by atoms with van der Waals surface area (Å²) in [7, 11) is 0. The van der Waals surface area contributed by atoms with Gasteiger partial charge in [-0.05, 0) is 11.6 Å². The molecule has 15 heavy (non-hydrogen) atoms. The number of alkyl halides is 3. The van der Waals surface area contributed by atoms with Crippen molar-refractivity contribution in [2.75, 3.05) is 0 Å². The zero-order valence-corrected chi connectivity index (χ0v) is 7.83. The highest BCUT2D eigenvalue weighted by Gasteiger charge is 2.34. The Balaban J connectivity index is 2.47. The molecule has 0 unspecified atom stereocenters. The van der Waals surface area contributed by atoms with Crippen LogP contribution in [-0.2, 0) is 6.18 Å². The number of rotatable bonds is 1. The lowest BCUT2D eigenvalue weighted by Crippen LogP contribution is -2.10. The van der Waals surface area contributed by atoms with Crippen LogP contribution in [0.25, 0.3) is 0 Å². The third kappa shape index (κ3) is 1.96. The molecule has 78 valence electrons. The standard InChI is InChI=1S/C12H9F3/c13-12(14,15)11-8-4-3-7-10(11)9-5-1-2-6-9/h1-9H. The fourth-order valence-corrected chi connectivity index (χ4v) is 1.69. The molecule has 1 aliphatic rings. The Morgan fingerprint density at radius 2 is 1.53 bits per heavy atom. The fraction of sp³-hybridized carbons (Fsp3) is 0.167. The van der Waals surface area contributed by atoms with E-state index in [9.17, 15) is 13.2 Å². The highest BCUT2D eigenvalue weighted by atomic mass is 19.4. The van der Waals surface area contributed by atoms with Gasteiger partial charge in [0.05, 0.1) is 5.56 Å². The first kappa shape index (κ1) is 10.0. The predicted molar refractivity (Wildman–Crippen MR) is 52.5 cm³/mol. The van der Waals surface area contributed by atoms with Crippen molar-refractivity contribution in [1.82, 2.24) is 0 Å². The molecule has 0 fully saturated rings. The van der Waals surface area contributed by atoms with Gasteiger partial charge in [-0.25, -0.2) is 0 Å². The SMILES string of the molecule is FC(F)(F)c1ccccc1C1C=CC=C1. The smallest absolute Gasteiger partial charge is 0.166 e. The van der Waals surface area contributed by atoms with Crippen molar-refractivity contribution in [3.05, 3.63) is 59.7 Å². The van der Waals surface area contributed by atoms with Crippen LogP contribution in [0.5, 0.6) is 0 Å². The number of hydrogen-bond donors (Lipinski definition) is 0. The summed E-state index contributed by atoms with van der Waals surface area (Å²) < 4.78 is 38.0. The van der Waals surface area contributed by atoms with Gasteiger partial charge in [0.25, 0.3) is 0 Å². The van der Waals surface area contributed by atoms with E-state index in [2.05, 4.69) is 0 Å². The van der Waals surface area contributed by atoms with Crippen LogP contribution in [0.15, 0.2) is 48.6 Å². The van der Waals surface area contributed by atoms with Crippen molar-refractivity contribution in [3.63, 3.8) is 0 Å². The summed E-state index contributed by atoms with van der Waals surface area (Å²) in [5.74, 6) is -0.247. The third-order valence-corrected chi connectivity index (χ3v) is 2.37. The second-order valence-corrected chi connectivity index (χ2v) is 3.38. The molecule has 0 saturated carbocycles. The first-order valence-electron chi connectivity index (χ1n) is 4.60. The van der Waals surface area contributed by atoms with Crippen LogP contribution < -0.4 is 0 Å². The Kier molecular flexibility index (Phi) is 2.39. The maximum atomic E-state index is 12.7. The first-order chi connectivity index (χ1) is 7.09. The molecule has 1 aromatic rings. The summed E-state index contributed by atoms with van der Waals surface area (Å²) in [4.78, 5) is 0. The molecule has 0 aliphatic heterocycles. The molecule has 0 aromatic heterocycles. The monoisotopic (exact) mass is 210 g/mol. The lowest BCUT2D eigenvalue weighted by atomic mass is 9.95. The molecular weight excluding hydrogens is 201 g/mol. The van der Waals surface area contributed by atoms with Crippen molar-refractivity contribution < 1.29 is 13.2 Å². The van der Waals surface area contributed by atoms with E-state index in [4.69, 9.17) is 0 Å². The summed E-state index contributed by atoms with van der Waals surface area (Å²) in [5.41, 5.74) is -0.235. The summed E-state index contributed by atoms with van der Waals surface area (Å²) in [6.45, 7) is 0. The van der Waals surface area contributed by atoms with Crippen LogP contribution in [0.2, 0.25) is 0 Å². The van der Waals surface area contributed by atoms with E-state index < -0.39 is 11.7 Å². The molecule has 0 radical (unpaired) electrons. The summed E-state index contributed by atoms with van der Waals surface area (Å²) >= 11 is 0. The summed E-state index contributed by atoms with van der Waals surface area (Å²) in [6, 6.07) is 5.68. The highest BCUT2D eigenvalue weighted by Crippen LogP contribution is 2.36. The molecule has 0 N–H and O–H groups in total. The molecule has 0 nitrogen and oxygen atoms in total. The van der Waals surface area contributed by atoms with E-state index >= 15 is 0 Å². The Morgan fingerprint density at radius 3 is 2.13 bits per heavy atom. The van der Waals surface area contributed by atoms with E-state index in [1.807, 2.05) is 0 Å². The van der Waals surface area contributed by atoms with Gasteiger partial charge in [0.1, 0.15) is 0 Å². The molecule has 0 bridgehead atoms. The lowest BCUT2D eigenvalue weighted by molar-refractivity contribution is -0.138. The van der Waals surface area contributed by atoms with Gasteiger partial charge in [-0.2, -0.15) is 13.2 Å². The minimum Gasteiger partial charge on any atom is -0.166 e. The molecule has 3 heteroatoms. The summed E-state index contributed by atoms with van der Waals surface area (Å²) in [6.07, 6.45) is 2.76. The fourth-order valence-electron chi connectivity index (χ4n) is 1.69. The topological polar surface area (TPSA) is 0 Å². The average molecular weight is 210 g/mol. The quantitative estimate of drug-likeness (QED) is 0.659. The predicted octanol–water partition coefficient (Wildman–Crippen LogP) is 3.92. The molecule has 0 heterocycles. The molecule has 0 saturated heterocycles. The molecular formula is C12H9F3. The number of benzene rings is 1. The zero-order valence-electron chi connectivity index (χ0n) is 7.83. The Hall–Kier alpha value is -1.51. The molecule has 0 amide bonds. The number of hydrogen-bond acceptors (Lipinski definition) is 0. The van der Waals surface area contributed by atoms with Crippen molar-refractivity contribution in [2.24, 2.45) is 0 Å². The van der Waals surface area contributed by atoms with Gasteiger partial charge in [0.2, 0.25) is 0 Å². The van der Waals surface area contributed by atoms with Crippen molar-refractivity contribution in [2.45, 2.75) is 12.1 Å². The van der Waals surface area contributed by atoms with Crippen LogP contribution in [-0.4, -0.2) is 0 Å². The Morgan fingerprint density at radius 1 is 0.933 bits per heavy atom. The van der Waals surface area contributed by atoms with Gasteiger partial charge in [-0.1, -0.05) is 42.5 Å². The van der Waals surface area contributed by atoms with E-state index in [1.165, 1.54) is 12.1 Å². The molecule has 2 rings (SSSR count). The maximum Gasteiger partial charge on any atom is 0.416 e. The van der Waals surface area contributed by atoms with Gasteiger partial charge in [-0.15, -0.1) is 0 Å². The average Bonchev–Trinajstić information content (AvgIpc) is 2.69. The first-order valence-corrected chi connectivity index (χ1v) is 4.60. The number of allylic oxidation sites excluding steroid dienone is 4. The van der Waals surface area contributed by atoms with E-state index in [-0.39, 0.29) is 5.92 Å². The van der Waals surface area contributed by atoms with Crippen LogP contribution in [0.4, 0.5) is 13.2 Å². The van der Waals surface area contributed by atoms with Crippen molar-refractivity contribution in [1.29, 1.82) is 0 Å². The largest absolute Gasteiger partial charge is 0.416 e. The van der Waals surface area contributed by atoms with Gasteiger partial charge in [-0.3, -0.25) is 0 Å². The molecule has 0 spiro atoms. The van der Waals surface area contributed by atoms with Gasteiger partial charge >= 0.3 is 6.18 Å². The lowest BCUT2D eigenvalue weighted by Gasteiger charge is -2.15. The zero-order chi connectivity index (χ0) is 10.9. The number of halogens is 3. The minimum absolute atomic E-state index is 0.247. The second kappa shape index (κ2) is 3.57. The van der Waals surface area contributed by atoms with E-state index in [0.717, 1.165) is 6.07 Å². The van der Waals surface area contributed by atoms with Gasteiger partial charge in [0.15, 0.2) is 0 Å². The summed E-state index contributed by atoms with van der Waals surface area (Å²) in [5, 5.41) is 0. The molecule has 1 aliphatic carbocycles. The van der Waals surface area contributed by atoms with Crippen LogP contribution in [0.3, 0.4) is 0 Å². The second-order valence-electron chi connectivity index (χ2n) is 3.38. The minimum atomic E-state index is -4.28. The van der Waals surface area contributed by atoms with Crippen LogP contribution in [0, 0.1) is 0 Å². The van der Waals surface area contributed by atoms with Crippen molar-refractivity contribution in [3.8, 4) is 0 Å². The Bertz CT molecular complexity index is 401. The van der Waals surface area contributed by atoms with Gasteiger partial charge in [0, 0.05) is 5.92 Å². The van der Waals surface area contributed by atoms with E-state index in [1.54, 1.807) is 30.4 Å². The maximum absolute atomic E-state index is 12.7. The Labute approximate surface area is 85.7 Å². The van der Waals surface area contributed by atoms with E-state index in [0.29, 0.717) is 5.56 Å². The normalized spacial score (nSPS) is 16.2. The third-order valence-electron chi connectivity index (χ3n) is 2.37. The van der Waals surface area contributed by atoms with Crippen LogP contribution >= 0.6 is 0 Å².